The van der Waals surface area contributed by atoms with Gasteiger partial charge in [0.25, 0.3) is 0 Å². The number of halogens is 1. The summed E-state index contributed by atoms with van der Waals surface area (Å²) in [5, 5.41) is 4.07. The number of hydrogen-bond donors (Lipinski definition) is 1. The lowest BCUT2D eigenvalue weighted by Gasteiger charge is -2.22. The summed E-state index contributed by atoms with van der Waals surface area (Å²) in [6.07, 6.45) is 0.896. The highest BCUT2D eigenvalue weighted by molar-refractivity contribution is 6.30. The summed E-state index contributed by atoms with van der Waals surface area (Å²) in [5.41, 5.74) is 1.20. The first-order valence-electron chi connectivity index (χ1n) is 7.98. The van der Waals surface area contributed by atoms with Crippen LogP contribution in [0.5, 0.6) is 0 Å². The van der Waals surface area contributed by atoms with Gasteiger partial charge in [-0.05, 0) is 31.0 Å². The monoisotopic (exact) mass is 341 g/mol. The number of hydrogen-bond acceptors (Lipinski definition) is 3. The number of methoxy groups -OCH3 is 1. The smallest absolute Gasteiger partial charge is 0.193 e. The van der Waals surface area contributed by atoms with Gasteiger partial charge in [-0.3, -0.25) is 4.99 Å². The van der Waals surface area contributed by atoms with E-state index in [1.807, 2.05) is 31.3 Å². The zero-order chi connectivity index (χ0) is 16.9. The normalized spacial score (nSPS) is 11.6. The molecule has 1 N–H and O–H groups in total. The predicted molar refractivity (Wildman–Crippen MR) is 96.2 cm³/mol. The Morgan fingerprint density at radius 1 is 1.22 bits per heavy atom. The highest BCUT2D eigenvalue weighted by Crippen LogP contribution is 2.11. The number of aliphatic imine (C=N–C) groups is 1. The SMILES string of the molecule is CCNC(=NCCCOCCOC)N(C)Cc1ccc(Cl)cc1. The maximum absolute atomic E-state index is 5.92. The number of guanidine groups is 1. The Morgan fingerprint density at radius 3 is 2.61 bits per heavy atom. The van der Waals surface area contributed by atoms with Gasteiger partial charge in [0.05, 0.1) is 13.2 Å². The Kier molecular flexibility index (Phi) is 10.4. The fourth-order valence-corrected chi connectivity index (χ4v) is 2.13. The van der Waals surface area contributed by atoms with Gasteiger partial charge in [0.1, 0.15) is 0 Å². The van der Waals surface area contributed by atoms with Crippen LogP contribution in [0.25, 0.3) is 0 Å². The van der Waals surface area contributed by atoms with Crippen molar-refractivity contribution in [2.45, 2.75) is 19.9 Å². The Hall–Kier alpha value is -1.30. The average Bonchev–Trinajstić information content (AvgIpc) is 2.55. The van der Waals surface area contributed by atoms with Crippen LogP contribution in [0.2, 0.25) is 5.02 Å². The molecule has 0 saturated heterocycles. The lowest BCUT2D eigenvalue weighted by atomic mass is 10.2. The predicted octanol–water partition coefficient (Wildman–Crippen LogP) is 2.79. The van der Waals surface area contributed by atoms with Crippen molar-refractivity contribution in [2.75, 3.05) is 47.1 Å². The third-order valence-corrected chi connectivity index (χ3v) is 3.42. The molecule has 5 nitrogen and oxygen atoms in total. The van der Waals surface area contributed by atoms with Gasteiger partial charge in [0.15, 0.2) is 5.96 Å². The van der Waals surface area contributed by atoms with Crippen molar-refractivity contribution in [3.63, 3.8) is 0 Å². The number of rotatable bonds is 10. The van der Waals surface area contributed by atoms with E-state index in [4.69, 9.17) is 21.1 Å². The summed E-state index contributed by atoms with van der Waals surface area (Å²) in [5.74, 6) is 0.902. The molecule has 6 heteroatoms. The average molecular weight is 342 g/mol. The molecule has 0 saturated carbocycles. The summed E-state index contributed by atoms with van der Waals surface area (Å²) in [6, 6.07) is 7.89. The first kappa shape index (κ1) is 19.7. The molecule has 0 aliphatic heterocycles. The molecule has 0 atom stereocenters. The highest BCUT2D eigenvalue weighted by atomic mass is 35.5. The van der Waals surface area contributed by atoms with E-state index in [0.717, 1.165) is 37.0 Å². The van der Waals surface area contributed by atoms with E-state index >= 15 is 0 Å². The van der Waals surface area contributed by atoms with E-state index in [1.165, 1.54) is 5.56 Å². The van der Waals surface area contributed by atoms with Gasteiger partial charge in [0.2, 0.25) is 0 Å². The third-order valence-electron chi connectivity index (χ3n) is 3.17. The van der Waals surface area contributed by atoms with Crippen LogP contribution < -0.4 is 5.32 Å². The molecular formula is C17H28ClN3O2. The first-order valence-corrected chi connectivity index (χ1v) is 8.35. The summed E-state index contributed by atoms with van der Waals surface area (Å²) in [7, 11) is 3.71. The molecule has 0 radical (unpaired) electrons. The molecule has 0 heterocycles. The van der Waals surface area contributed by atoms with Crippen molar-refractivity contribution in [2.24, 2.45) is 4.99 Å². The molecule has 1 aromatic carbocycles. The molecule has 0 aliphatic carbocycles. The number of benzene rings is 1. The Bertz CT molecular complexity index is 452. The summed E-state index contributed by atoms with van der Waals surface area (Å²) in [4.78, 5) is 6.75. The molecule has 0 aliphatic rings. The van der Waals surface area contributed by atoms with Gasteiger partial charge >= 0.3 is 0 Å². The quantitative estimate of drug-likeness (QED) is 0.404. The Labute approximate surface area is 144 Å². The minimum Gasteiger partial charge on any atom is -0.382 e. The third kappa shape index (κ3) is 8.79. The van der Waals surface area contributed by atoms with Crippen LogP contribution in [0.4, 0.5) is 0 Å². The van der Waals surface area contributed by atoms with E-state index in [-0.39, 0.29) is 0 Å². The summed E-state index contributed by atoms with van der Waals surface area (Å²) >= 11 is 5.92. The molecular weight excluding hydrogens is 314 g/mol. The molecule has 0 aromatic heterocycles. The van der Waals surface area contributed by atoms with E-state index in [1.54, 1.807) is 7.11 Å². The van der Waals surface area contributed by atoms with Crippen molar-refractivity contribution in [3.8, 4) is 0 Å². The minimum atomic E-state index is 0.635. The molecule has 1 rings (SSSR count). The zero-order valence-electron chi connectivity index (χ0n) is 14.3. The topological polar surface area (TPSA) is 46.1 Å². The van der Waals surface area contributed by atoms with Crippen molar-refractivity contribution >= 4 is 17.6 Å². The van der Waals surface area contributed by atoms with Gasteiger partial charge in [-0.2, -0.15) is 0 Å². The van der Waals surface area contributed by atoms with Gasteiger partial charge in [0, 0.05) is 45.4 Å². The van der Waals surface area contributed by atoms with Crippen LogP contribution in [0.3, 0.4) is 0 Å². The van der Waals surface area contributed by atoms with Crippen LogP contribution >= 0.6 is 11.6 Å². The highest BCUT2D eigenvalue weighted by Gasteiger charge is 2.06. The van der Waals surface area contributed by atoms with E-state index in [2.05, 4.69) is 22.1 Å². The lowest BCUT2D eigenvalue weighted by molar-refractivity contribution is 0.0702. The maximum atomic E-state index is 5.92. The second kappa shape index (κ2) is 12.2. The summed E-state index contributed by atoms with van der Waals surface area (Å²) < 4.78 is 10.4. The molecule has 1 aromatic rings. The number of nitrogens with zero attached hydrogens (tertiary/aromatic N) is 2. The molecule has 130 valence electrons. The van der Waals surface area contributed by atoms with Gasteiger partial charge < -0.3 is 19.7 Å². The summed E-state index contributed by atoms with van der Waals surface area (Å²) in [6.45, 7) is 6.40. The Balaban J connectivity index is 2.41. The van der Waals surface area contributed by atoms with Crippen LogP contribution in [0.1, 0.15) is 18.9 Å². The van der Waals surface area contributed by atoms with Gasteiger partial charge in [-0.15, -0.1) is 0 Å². The van der Waals surface area contributed by atoms with Gasteiger partial charge in [-0.25, -0.2) is 0 Å². The lowest BCUT2D eigenvalue weighted by Crippen LogP contribution is -2.38. The molecule has 0 amide bonds. The maximum Gasteiger partial charge on any atom is 0.193 e. The molecule has 0 bridgehead atoms. The van der Waals surface area contributed by atoms with Crippen LogP contribution in [0.15, 0.2) is 29.3 Å². The largest absolute Gasteiger partial charge is 0.382 e. The molecule has 0 spiro atoms. The van der Waals surface area contributed by atoms with Gasteiger partial charge in [-0.1, -0.05) is 23.7 Å². The van der Waals surface area contributed by atoms with Crippen molar-refractivity contribution in [1.29, 1.82) is 0 Å². The second-order valence-electron chi connectivity index (χ2n) is 5.18. The number of ether oxygens (including phenoxy) is 2. The first-order chi connectivity index (χ1) is 11.2. The standard InChI is InChI=1S/C17H28ClN3O2/c1-4-19-17(20-10-5-11-23-13-12-22-3)21(2)14-15-6-8-16(18)9-7-15/h6-9H,4-5,10-14H2,1-3H3,(H,19,20). The molecule has 0 unspecified atom stereocenters. The van der Waals surface area contributed by atoms with E-state index in [0.29, 0.717) is 19.8 Å². The minimum absolute atomic E-state index is 0.635. The molecule has 0 fully saturated rings. The number of nitrogens with one attached hydrogen (secondary N) is 1. The zero-order valence-corrected chi connectivity index (χ0v) is 15.1. The molecule has 23 heavy (non-hydrogen) atoms. The van der Waals surface area contributed by atoms with Crippen LogP contribution in [-0.2, 0) is 16.0 Å². The van der Waals surface area contributed by atoms with E-state index < -0.39 is 0 Å². The fraction of sp³-hybridized carbons (Fsp3) is 0.588. The fourth-order valence-electron chi connectivity index (χ4n) is 2.00. The van der Waals surface area contributed by atoms with Crippen molar-refractivity contribution in [3.05, 3.63) is 34.9 Å². The van der Waals surface area contributed by atoms with Crippen molar-refractivity contribution in [1.82, 2.24) is 10.2 Å². The van der Waals surface area contributed by atoms with Crippen LogP contribution in [-0.4, -0.2) is 57.9 Å². The second-order valence-corrected chi connectivity index (χ2v) is 5.61. The van der Waals surface area contributed by atoms with E-state index in [9.17, 15) is 0 Å². The van der Waals surface area contributed by atoms with Crippen LogP contribution in [0, 0.1) is 0 Å². The van der Waals surface area contributed by atoms with Crippen molar-refractivity contribution < 1.29 is 9.47 Å². The Morgan fingerprint density at radius 2 is 1.96 bits per heavy atom.